The molecule has 2 aromatic heterocycles. The molecule has 1 saturated heterocycles. The number of likely N-dealkylation sites (tertiary alicyclic amines) is 1. The average molecular weight is 319 g/mol. The number of aromatic nitrogens is 3. The number of carbonyl (C=O) groups is 1. The lowest BCUT2D eigenvalue weighted by Gasteiger charge is -2.34. The first-order chi connectivity index (χ1) is 11.0. The molecule has 0 spiro atoms. The number of hydrogen-bond donors (Lipinski definition) is 2. The number of aryl methyl sites for hydroxylation is 2. The Morgan fingerprint density at radius 3 is 3.04 bits per heavy atom. The zero-order valence-electron chi connectivity index (χ0n) is 13.3. The van der Waals surface area contributed by atoms with E-state index in [2.05, 4.69) is 15.5 Å². The molecular weight excluding hydrogens is 298 g/mol. The van der Waals surface area contributed by atoms with Gasteiger partial charge >= 0.3 is 6.03 Å². The number of rotatable bonds is 3. The van der Waals surface area contributed by atoms with Crippen molar-refractivity contribution >= 4 is 11.8 Å². The second kappa shape index (κ2) is 6.41. The van der Waals surface area contributed by atoms with Gasteiger partial charge < -0.3 is 19.1 Å². The highest BCUT2D eigenvalue weighted by atomic mass is 16.5. The highest BCUT2D eigenvalue weighted by Crippen LogP contribution is 2.29. The molecule has 2 N–H and O–H groups in total. The molecule has 1 aliphatic heterocycles. The van der Waals surface area contributed by atoms with Crippen LogP contribution in [-0.4, -0.2) is 43.8 Å². The number of aliphatic hydroxyl groups is 1. The molecule has 124 valence electrons. The molecule has 2 aromatic rings. The Morgan fingerprint density at radius 1 is 1.57 bits per heavy atom. The monoisotopic (exact) mass is 319 g/mol. The van der Waals surface area contributed by atoms with Crippen LogP contribution in [0.15, 0.2) is 23.0 Å². The van der Waals surface area contributed by atoms with E-state index in [1.165, 1.54) is 0 Å². The minimum Gasteiger partial charge on any atom is -0.385 e. The van der Waals surface area contributed by atoms with Crippen LogP contribution in [0.5, 0.6) is 0 Å². The maximum atomic E-state index is 12.3. The quantitative estimate of drug-likeness (QED) is 0.897. The molecule has 1 aliphatic rings. The number of amides is 2. The van der Waals surface area contributed by atoms with Gasteiger partial charge in [-0.1, -0.05) is 5.16 Å². The molecular formula is C15H21N5O3. The van der Waals surface area contributed by atoms with Crippen LogP contribution in [-0.2, 0) is 7.05 Å². The molecule has 3 heterocycles. The number of nitrogens with one attached hydrogen (secondary N) is 1. The van der Waals surface area contributed by atoms with Crippen LogP contribution >= 0.6 is 0 Å². The number of anilines is 1. The Bertz CT molecular complexity index is 680. The third kappa shape index (κ3) is 3.37. The van der Waals surface area contributed by atoms with E-state index in [0.29, 0.717) is 30.5 Å². The van der Waals surface area contributed by atoms with E-state index in [1.807, 2.05) is 11.6 Å². The third-order valence-electron chi connectivity index (χ3n) is 4.18. The summed E-state index contributed by atoms with van der Waals surface area (Å²) in [6, 6.07) is 1.44. The van der Waals surface area contributed by atoms with Gasteiger partial charge in [-0.15, -0.1) is 0 Å². The first-order valence-corrected chi connectivity index (χ1v) is 7.69. The van der Waals surface area contributed by atoms with Gasteiger partial charge in [0.05, 0.1) is 0 Å². The second-order valence-electron chi connectivity index (χ2n) is 5.94. The van der Waals surface area contributed by atoms with E-state index in [4.69, 9.17) is 4.52 Å². The lowest BCUT2D eigenvalue weighted by atomic mass is 9.92. The minimum atomic E-state index is -0.681. The molecule has 8 heteroatoms. The number of urea groups is 1. The van der Waals surface area contributed by atoms with Gasteiger partial charge in [-0.05, 0) is 19.8 Å². The summed E-state index contributed by atoms with van der Waals surface area (Å²) >= 11 is 0. The molecule has 2 unspecified atom stereocenters. The molecule has 0 radical (unpaired) electrons. The summed E-state index contributed by atoms with van der Waals surface area (Å²) in [5.41, 5.74) is 0. The van der Waals surface area contributed by atoms with Gasteiger partial charge in [0.25, 0.3) is 0 Å². The molecule has 23 heavy (non-hydrogen) atoms. The van der Waals surface area contributed by atoms with E-state index in [1.54, 1.807) is 30.3 Å². The van der Waals surface area contributed by atoms with Crippen molar-refractivity contribution in [2.24, 2.45) is 13.0 Å². The van der Waals surface area contributed by atoms with E-state index in [9.17, 15) is 9.90 Å². The fourth-order valence-electron chi connectivity index (χ4n) is 2.94. The normalized spacial score (nSPS) is 19.6. The predicted octanol–water partition coefficient (Wildman–Crippen LogP) is 1.69. The van der Waals surface area contributed by atoms with Crippen LogP contribution in [0, 0.1) is 12.8 Å². The van der Waals surface area contributed by atoms with Crippen molar-refractivity contribution in [1.29, 1.82) is 0 Å². The zero-order chi connectivity index (χ0) is 16.4. The molecule has 8 nitrogen and oxygen atoms in total. The van der Waals surface area contributed by atoms with Crippen LogP contribution in [0.3, 0.4) is 0 Å². The fraction of sp³-hybridized carbons (Fsp3) is 0.533. The van der Waals surface area contributed by atoms with Crippen LogP contribution in [0.1, 0.15) is 30.5 Å². The van der Waals surface area contributed by atoms with Gasteiger partial charge in [0.1, 0.15) is 17.7 Å². The molecule has 0 bridgehead atoms. The average Bonchev–Trinajstić information content (AvgIpc) is 3.15. The highest BCUT2D eigenvalue weighted by molar-refractivity contribution is 5.88. The van der Waals surface area contributed by atoms with Gasteiger partial charge in [0.15, 0.2) is 5.82 Å². The predicted molar refractivity (Wildman–Crippen MR) is 82.7 cm³/mol. The van der Waals surface area contributed by atoms with Crippen molar-refractivity contribution in [2.75, 3.05) is 18.4 Å². The van der Waals surface area contributed by atoms with Crippen molar-refractivity contribution in [3.63, 3.8) is 0 Å². The van der Waals surface area contributed by atoms with E-state index in [0.717, 1.165) is 12.8 Å². The molecule has 1 fully saturated rings. The van der Waals surface area contributed by atoms with E-state index >= 15 is 0 Å². The van der Waals surface area contributed by atoms with Crippen molar-refractivity contribution in [3.8, 4) is 0 Å². The Labute approximate surface area is 134 Å². The van der Waals surface area contributed by atoms with Crippen LogP contribution in [0.2, 0.25) is 0 Å². The number of imidazole rings is 1. The van der Waals surface area contributed by atoms with Crippen LogP contribution in [0.4, 0.5) is 10.6 Å². The van der Waals surface area contributed by atoms with Crippen molar-refractivity contribution in [3.05, 3.63) is 30.0 Å². The first-order valence-electron chi connectivity index (χ1n) is 7.69. The largest absolute Gasteiger partial charge is 0.385 e. The van der Waals surface area contributed by atoms with Gasteiger partial charge in [0.2, 0.25) is 0 Å². The lowest BCUT2D eigenvalue weighted by molar-refractivity contribution is 0.0552. The Kier molecular flexibility index (Phi) is 4.33. The van der Waals surface area contributed by atoms with Gasteiger partial charge in [-0.25, -0.2) is 9.78 Å². The number of nitrogens with zero attached hydrogens (tertiary/aromatic N) is 4. The summed E-state index contributed by atoms with van der Waals surface area (Å²) in [4.78, 5) is 18.2. The first kappa shape index (κ1) is 15.5. The van der Waals surface area contributed by atoms with E-state index in [-0.39, 0.29) is 11.9 Å². The smallest absolute Gasteiger partial charge is 0.323 e. The maximum absolute atomic E-state index is 12.3. The lowest BCUT2D eigenvalue weighted by Crippen LogP contribution is -2.44. The topological polar surface area (TPSA) is 96.4 Å². The second-order valence-corrected chi connectivity index (χ2v) is 5.94. The molecule has 0 saturated carbocycles. The summed E-state index contributed by atoms with van der Waals surface area (Å²) in [5.74, 6) is 1.64. The minimum absolute atomic E-state index is 0.0327. The fourth-order valence-corrected chi connectivity index (χ4v) is 2.94. The summed E-state index contributed by atoms with van der Waals surface area (Å²) in [6.45, 7) is 2.91. The van der Waals surface area contributed by atoms with Crippen LogP contribution in [0.25, 0.3) is 0 Å². The van der Waals surface area contributed by atoms with E-state index < -0.39 is 6.10 Å². The maximum Gasteiger partial charge on any atom is 0.323 e. The molecule has 2 amide bonds. The number of hydrogen-bond acceptors (Lipinski definition) is 5. The summed E-state index contributed by atoms with van der Waals surface area (Å²) in [5, 5.41) is 17.0. The Hall–Kier alpha value is -2.35. The van der Waals surface area contributed by atoms with Gasteiger partial charge in [0, 0.05) is 44.5 Å². The highest BCUT2D eigenvalue weighted by Gasteiger charge is 2.31. The van der Waals surface area contributed by atoms with Crippen LogP contribution < -0.4 is 5.32 Å². The third-order valence-corrected chi connectivity index (χ3v) is 4.18. The number of carbonyl (C=O) groups excluding carboxylic acids is 1. The molecule has 0 aromatic carbocycles. The molecule has 0 aliphatic carbocycles. The standard InChI is InChI=1S/C15H21N5O3/c1-10-8-12(18-23-10)17-15(22)20-6-3-4-11(9-20)13(21)14-16-5-7-19(14)2/h5,7-8,11,13,21H,3-4,6,9H2,1-2H3,(H,17,18,22). The van der Waals surface area contributed by atoms with Gasteiger partial charge in [-0.3, -0.25) is 5.32 Å². The van der Waals surface area contributed by atoms with Crippen molar-refractivity contribution in [1.82, 2.24) is 19.6 Å². The summed E-state index contributed by atoms with van der Waals surface area (Å²) < 4.78 is 6.75. The molecule has 2 atom stereocenters. The Balaban J connectivity index is 1.63. The van der Waals surface area contributed by atoms with Gasteiger partial charge in [-0.2, -0.15) is 0 Å². The van der Waals surface area contributed by atoms with Crippen molar-refractivity contribution in [2.45, 2.75) is 25.9 Å². The zero-order valence-corrected chi connectivity index (χ0v) is 13.3. The van der Waals surface area contributed by atoms with Crippen molar-refractivity contribution < 1.29 is 14.4 Å². The molecule has 3 rings (SSSR count). The number of aliphatic hydroxyl groups excluding tert-OH is 1. The Morgan fingerprint density at radius 2 is 2.39 bits per heavy atom. The SMILES string of the molecule is Cc1cc(NC(=O)N2CCCC(C(O)c3nccn3C)C2)no1. The number of piperidine rings is 1. The summed E-state index contributed by atoms with van der Waals surface area (Å²) in [7, 11) is 1.85. The summed E-state index contributed by atoms with van der Waals surface area (Å²) in [6.07, 6.45) is 4.50.